The molecule has 0 unspecified atom stereocenters. The molecule has 0 amide bonds. The maximum Gasteiger partial charge on any atom is 0.126 e. The zero-order valence-electron chi connectivity index (χ0n) is 46.5. The normalized spacial score (nSPS) is 11.7. The summed E-state index contributed by atoms with van der Waals surface area (Å²) < 4.78 is 35.9. The van der Waals surface area contributed by atoms with Gasteiger partial charge in [0.05, 0.1) is 33.4 Å². The molecule has 0 aliphatic carbocycles. The average molecular weight is 1020 g/mol. The van der Waals surface area contributed by atoms with E-state index < -0.39 is 11.6 Å². The number of aryl methyl sites for hydroxylation is 12. The molecule has 0 bridgehead atoms. The van der Waals surface area contributed by atoms with E-state index in [1.54, 1.807) is 0 Å². The van der Waals surface area contributed by atoms with E-state index >= 15 is 8.78 Å². The first kappa shape index (κ1) is 50.0. The van der Waals surface area contributed by atoms with Crippen LogP contribution in [0.3, 0.4) is 0 Å². The quantitative estimate of drug-likeness (QED) is 0.157. The van der Waals surface area contributed by atoms with E-state index in [9.17, 15) is 5.26 Å². The minimum absolute atomic E-state index is 0.359. The molecule has 0 N–H and O–H groups in total. The van der Waals surface area contributed by atoms with Crippen LogP contribution in [0, 0.1) is 106 Å². The molecule has 0 saturated carbocycles. The molecule has 2 heterocycles. The first-order chi connectivity index (χ1) is 37.3. The predicted octanol–water partition coefficient (Wildman–Crippen LogP) is 20.1. The van der Waals surface area contributed by atoms with Crippen molar-refractivity contribution in [2.45, 2.75) is 83.1 Å². The molecule has 10 aromatic carbocycles. The summed E-state index contributed by atoms with van der Waals surface area (Å²) in [6, 6.07) is 55.0. The van der Waals surface area contributed by atoms with E-state index in [1.165, 1.54) is 78.9 Å². The first-order valence-corrected chi connectivity index (χ1v) is 26.9. The van der Waals surface area contributed by atoms with Gasteiger partial charge >= 0.3 is 0 Å². The molecule has 0 spiro atoms. The Bertz CT molecular complexity index is 4010. The van der Waals surface area contributed by atoms with Gasteiger partial charge in [0.25, 0.3) is 0 Å². The van der Waals surface area contributed by atoms with Gasteiger partial charge in [-0.3, -0.25) is 0 Å². The van der Waals surface area contributed by atoms with Crippen molar-refractivity contribution in [3.05, 3.63) is 236 Å². The first-order valence-electron chi connectivity index (χ1n) is 26.9. The summed E-state index contributed by atoms with van der Waals surface area (Å²) in [6.45, 7) is 25.9. The maximum atomic E-state index is 15.7. The van der Waals surface area contributed by atoms with Gasteiger partial charge in [0, 0.05) is 27.6 Å². The van der Waals surface area contributed by atoms with Crippen molar-refractivity contribution in [3.63, 3.8) is 0 Å². The predicted molar refractivity (Wildman–Crippen MR) is 324 cm³/mol. The van der Waals surface area contributed by atoms with E-state index in [0.717, 1.165) is 94.2 Å². The van der Waals surface area contributed by atoms with Crippen LogP contribution < -0.4 is 0 Å². The third-order valence-electron chi connectivity index (χ3n) is 16.3. The smallest absolute Gasteiger partial charge is 0.126 e. The lowest BCUT2D eigenvalue weighted by Crippen LogP contribution is -2.06. The van der Waals surface area contributed by atoms with Gasteiger partial charge in [0.15, 0.2) is 0 Å². The number of rotatable bonds is 7. The Morgan fingerprint density at radius 3 is 0.782 bits per heavy atom. The molecular weight excluding hydrogens is 957 g/mol. The lowest BCUT2D eigenvalue weighted by Gasteiger charge is -2.20. The van der Waals surface area contributed by atoms with Crippen LogP contribution in [0.4, 0.5) is 8.78 Å². The molecule has 5 heteroatoms. The van der Waals surface area contributed by atoms with Gasteiger partial charge < -0.3 is 9.13 Å². The molecule has 382 valence electrons. The molecule has 0 saturated heterocycles. The van der Waals surface area contributed by atoms with Gasteiger partial charge in [-0.2, -0.15) is 5.26 Å². The highest BCUT2D eigenvalue weighted by molar-refractivity contribution is 6.13. The fourth-order valence-corrected chi connectivity index (χ4v) is 13.7. The van der Waals surface area contributed by atoms with Gasteiger partial charge in [0.2, 0.25) is 0 Å². The van der Waals surface area contributed by atoms with Crippen molar-refractivity contribution in [2.24, 2.45) is 0 Å². The van der Waals surface area contributed by atoms with Crippen molar-refractivity contribution in [3.8, 4) is 73.1 Å². The zero-order valence-corrected chi connectivity index (χ0v) is 46.5. The van der Waals surface area contributed by atoms with E-state index in [2.05, 4.69) is 220 Å². The molecule has 0 aliphatic heterocycles. The number of hydrogen-bond donors (Lipinski definition) is 0. The number of aromatic nitrogens is 2. The largest absolute Gasteiger partial charge is 0.308 e. The summed E-state index contributed by atoms with van der Waals surface area (Å²) in [5.74, 6) is -1.37. The number of halogens is 2. The van der Waals surface area contributed by atoms with Gasteiger partial charge in [-0.05, 0) is 232 Å². The fourth-order valence-electron chi connectivity index (χ4n) is 13.7. The molecule has 3 nitrogen and oxygen atoms in total. The van der Waals surface area contributed by atoms with Crippen LogP contribution in [0.15, 0.2) is 152 Å². The fraction of sp³-hybridized carbons (Fsp3) is 0.164. The summed E-state index contributed by atoms with van der Waals surface area (Å²) in [6.07, 6.45) is 0. The highest BCUT2D eigenvalue weighted by atomic mass is 19.1. The molecule has 2 aromatic heterocycles. The molecule has 0 fully saturated rings. The number of nitrogens with zero attached hydrogens (tertiary/aromatic N) is 3. The standard InChI is InChI=1S/C73H61F2N3/c1-39-21-43(5)70(44(6)22-39)51-13-17-59-60-18-14-52(71-45(7)23-40(2)24-46(71)8)32-65(60)77(64(59)31-51)68-35-56(55-29-57(74)37-58(75)30-55)36-69(63(68)38-76)78-66-33-53(72-47(9)25-41(3)26-48(72)10)15-19-61(66)62-20-16-54(34-67(62)78)73-49(11)27-42(4)28-50(73)12/h13-37H,1-12H3. The topological polar surface area (TPSA) is 33.6 Å². The lowest BCUT2D eigenvalue weighted by molar-refractivity contribution is 0.584. The Kier molecular flexibility index (Phi) is 12.0. The van der Waals surface area contributed by atoms with E-state index in [-0.39, 0.29) is 0 Å². The second-order valence-corrected chi connectivity index (χ2v) is 22.4. The Morgan fingerprint density at radius 1 is 0.295 bits per heavy atom. The minimum Gasteiger partial charge on any atom is -0.308 e. The van der Waals surface area contributed by atoms with Gasteiger partial charge in [0.1, 0.15) is 23.3 Å². The second kappa shape index (κ2) is 18.7. The van der Waals surface area contributed by atoms with Crippen molar-refractivity contribution >= 4 is 43.6 Å². The van der Waals surface area contributed by atoms with Crippen molar-refractivity contribution in [1.29, 1.82) is 5.26 Å². The summed E-state index contributed by atoms with van der Waals surface area (Å²) in [5.41, 5.74) is 29.2. The summed E-state index contributed by atoms with van der Waals surface area (Å²) in [7, 11) is 0. The Labute approximate surface area is 456 Å². The molecule has 0 radical (unpaired) electrons. The number of hydrogen-bond acceptors (Lipinski definition) is 1. The van der Waals surface area contributed by atoms with Crippen molar-refractivity contribution in [2.75, 3.05) is 0 Å². The van der Waals surface area contributed by atoms with E-state index in [0.29, 0.717) is 28.1 Å². The van der Waals surface area contributed by atoms with Crippen LogP contribution in [-0.4, -0.2) is 9.13 Å². The van der Waals surface area contributed by atoms with Crippen LogP contribution in [-0.2, 0) is 0 Å². The van der Waals surface area contributed by atoms with E-state index in [1.807, 2.05) is 12.1 Å². The number of nitriles is 1. The average Bonchev–Trinajstić information content (AvgIpc) is 4.08. The van der Waals surface area contributed by atoms with Crippen LogP contribution in [0.5, 0.6) is 0 Å². The summed E-state index contributed by atoms with van der Waals surface area (Å²) >= 11 is 0. The van der Waals surface area contributed by atoms with Gasteiger partial charge in [-0.25, -0.2) is 8.78 Å². The number of benzene rings is 10. The third-order valence-corrected chi connectivity index (χ3v) is 16.3. The zero-order chi connectivity index (χ0) is 54.7. The monoisotopic (exact) mass is 1020 g/mol. The minimum atomic E-state index is -0.685. The summed E-state index contributed by atoms with van der Waals surface area (Å²) in [5, 5.41) is 16.2. The molecular formula is C73H61F2N3. The van der Waals surface area contributed by atoms with Crippen LogP contribution >= 0.6 is 0 Å². The van der Waals surface area contributed by atoms with Gasteiger partial charge in [-0.15, -0.1) is 0 Å². The maximum absolute atomic E-state index is 15.7. The number of fused-ring (bicyclic) bond motifs is 6. The van der Waals surface area contributed by atoms with Gasteiger partial charge in [-0.1, -0.05) is 119 Å². The second-order valence-electron chi connectivity index (χ2n) is 22.4. The van der Waals surface area contributed by atoms with E-state index in [4.69, 9.17) is 0 Å². The van der Waals surface area contributed by atoms with Crippen LogP contribution in [0.2, 0.25) is 0 Å². The molecule has 0 aliphatic rings. The Hall–Kier alpha value is -8.85. The Balaban J connectivity index is 1.26. The molecule has 78 heavy (non-hydrogen) atoms. The highest BCUT2D eigenvalue weighted by Gasteiger charge is 2.26. The molecule has 0 atom stereocenters. The third kappa shape index (κ3) is 8.21. The van der Waals surface area contributed by atoms with Crippen LogP contribution in [0.25, 0.3) is 111 Å². The van der Waals surface area contributed by atoms with Crippen LogP contribution in [0.1, 0.15) is 72.3 Å². The highest BCUT2D eigenvalue weighted by Crippen LogP contribution is 2.45. The Morgan fingerprint density at radius 2 is 0.538 bits per heavy atom. The molecule has 12 rings (SSSR count). The SMILES string of the molecule is Cc1cc(C)c(-c2ccc3c4ccc(-c5c(C)cc(C)cc5C)cc4n(-c4cc(-c5cc(F)cc(F)c5)cc(-n5c6cc(-c7c(C)cc(C)cc7C)ccc6c6ccc(-c7c(C)cc(C)cc7C)cc65)c4C#N)c3c2)c(C)c1. The summed E-state index contributed by atoms with van der Waals surface area (Å²) in [4.78, 5) is 0. The molecule has 12 aromatic rings. The lowest BCUT2D eigenvalue weighted by atomic mass is 9.92. The van der Waals surface area contributed by atoms with Crippen molar-refractivity contribution < 1.29 is 8.78 Å². The van der Waals surface area contributed by atoms with Crippen molar-refractivity contribution in [1.82, 2.24) is 9.13 Å².